The van der Waals surface area contributed by atoms with Crippen LogP contribution in [-0.2, 0) is 22.8 Å². The molecular formula is C20H17F10O5P. The van der Waals surface area contributed by atoms with Gasteiger partial charge in [-0.3, -0.25) is 0 Å². The fourth-order valence-electron chi connectivity index (χ4n) is 3.64. The molecule has 1 saturated heterocycles. The van der Waals surface area contributed by atoms with Crippen LogP contribution in [0.4, 0.5) is 43.9 Å². The Hall–Kier alpha value is -2.03. The third-order valence-electron chi connectivity index (χ3n) is 4.98. The molecule has 0 radical (unpaired) electrons. The maximum atomic E-state index is 14.8. The fraction of sp³-hybridized carbons (Fsp3) is 0.400. The molecule has 2 aromatic rings. The summed E-state index contributed by atoms with van der Waals surface area (Å²) in [4.78, 5) is 0. The molecule has 3 rings (SSSR count). The van der Waals surface area contributed by atoms with Crippen LogP contribution in [0.25, 0.3) is 0 Å². The monoisotopic (exact) mass is 558 g/mol. The Morgan fingerprint density at radius 3 is 1.17 bits per heavy atom. The first kappa shape index (κ1) is 28.5. The van der Waals surface area contributed by atoms with Crippen LogP contribution in [0, 0.1) is 58.2 Å². The number of hydrogen-bond acceptors (Lipinski definition) is 5. The zero-order chi connectivity index (χ0) is 27.2. The molecule has 1 fully saturated rings. The van der Waals surface area contributed by atoms with Gasteiger partial charge in [-0.2, -0.15) is 0 Å². The number of benzene rings is 2. The van der Waals surface area contributed by atoms with Gasteiger partial charge in [0.1, 0.15) is 0 Å². The van der Waals surface area contributed by atoms with Crippen LogP contribution in [0.5, 0.6) is 0 Å². The third kappa shape index (κ3) is 4.05. The van der Waals surface area contributed by atoms with Crippen molar-refractivity contribution >= 4 is 7.51 Å². The summed E-state index contributed by atoms with van der Waals surface area (Å²) >= 11 is 0. The molecule has 16 heteroatoms. The summed E-state index contributed by atoms with van der Waals surface area (Å²) in [5.41, 5.74) is -3.56. The van der Waals surface area contributed by atoms with Gasteiger partial charge in [-0.15, -0.1) is 0 Å². The molecular weight excluding hydrogens is 541 g/mol. The van der Waals surface area contributed by atoms with Crippen molar-refractivity contribution in [3.8, 4) is 0 Å². The van der Waals surface area contributed by atoms with Gasteiger partial charge in [0.15, 0.2) is 0 Å². The molecule has 2 aromatic carbocycles. The van der Waals surface area contributed by atoms with Crippen LogP contribution in [-0.4, -0.2) is 19.8 Å². The molecule has 0 aromatic heterocycles. The van der Waals surface area contributed by atoms with Gasteiger partial charge in [-0.05, 0) is 0 Å². The molecule has 202 valence electrons. The van der Waals surface area contributed by atoms with Gasteiger partial charge in [0.2, 0.25) is 0 Å². The maximum absolute atomic E-state index is 14.8. The topological polar surface area (TPSA) is 46.2 Å². The summed E-state index contributed by atoms with van der Waals surface area (Å²) in [6.07, 6.45) is -2.74. The quantitative estimate of drug-likeness (QED) is 0.149. The van der Waals surface area contributed by atoms with Crippen LogP contribution in [0.3, 0.4) is 0 Å². The van der Waals surface area contributed by atoms with Crippen molar-refractivity contribution in [3.05, 3.63) is 69.3 Å². The van der Waals surface area contributed by atoms with E-state index in [9.17, 15) is 43.9 Å². The molecule has 36 heavy (non-hydrogen) atoms. The zero-order valence-corrected chi connectivity index (χ0v) is 19.4. The minimum absolute atomic E-state index is 0.517. The SMILES string of the molecule is CCOP1(OCC)(OCC)OC(c2c(F)c(F)c(F)c(F)c2F)OC1c1c(F)c(F)c(F)c(F)c1F. The zero-order valence-electron chi connectivity index (χ0n) is 18.5. The van der Waals surface area contributed by atoms with Crippen molar-refractivity contribution < 1.29 is 66.7 Å². The first-order valence-electron chi connectivity index (χ1n) is 10.2. The molecule has 1 heterocycles. The van der Waals surface area contributed by atoms with Crippen molar-refractivity contribution in [3.63, 3.8) is 0 Å². The van der Waals surface area contributed by atoms with Gasteiger partial charge >= 0.3 is 196 Å². The van der Waals surface area contributed by atoms with Crippen LogP contribution < -0.4 is 0 Å². The Morgan fingerprint density at radius 2 is 0.833 bits per heavy atom. The van der Waals surface area contributed by atoms with Gasteiger partial charge in [0.25, 0.3) is 0 Å². The summed E-state index contributed by atoms with van der Waals surface area (Å²) in [5, 5.41) is 0. The Balaban J connectivity index is 2.41. The molecule has 1 aliphatic rings. The van der Waals surface area contributed by atoms with E-state index in [2.05, 4.69) is 0 Å². The van der Waals surface area contributed by atoms with Crippen molar-refractivity contribution in [2.75, 3.05) is 19.8 Å². The van der Waals surface area contributed by atoms with E-state index in [0.29, 0.717) is 0 Å². The van der Waals surface area contributed by atoms with Gasteiger partial charge in [0.05, 0.1) is 0 Å². The fourth-order valence-corrected chi connectivity index (χ4v) is 7.42. The van der Waals surface area contributed by atoms with E-state index in [1.165, 1.54) is 20.8 Å². The van der Waals surface area contributed by atoms with Gasteiger partial charge < -0.3 is 0 Å². The van der Waals surface area contributed by atoms with E-state index in [1.54, 1.807) is 0 Å². The van der Waals surface area contributed by atoms with Crippen LogP contribution >= 0.6 is 7.51 Å². The number of ether oxygens (including phenoxy) is 1. The van der Waals surface area contributed by atoms with Crippen LogP contribution in [0.1, 0.15) is 44.0 Å². The first-order valence-corrected chi connectivity index (χ1v) is 12.1. The summed E-state index contributed by atoms with van der Waals surface area (Å²) in [6.45, 7) is 2.19. The Labute approximate surface area is 197 Å². The molecule has 0 amide bonds. The second-order valence-corrected chi connectivity index (χ2v) is 10.2. The molecule has 0 aliphatic carbocycles. The Morgan fingerprint density at radius 1 is 0.528 bits per heavy atom. The second kappa shape index (κ2) is 10.0. The van der Waals surface area contributed by atoms with Crippen molar-refractivity contribution in [1.29, 1.82) is 0 Å². The average molecular weight is 558 g/mol. The van der Waals surface area contributed by atoms with Crippen LogP contribution in [0.15, 0.2) is 0 Å². The summed E-state index contributed by atoms with van der Waals surface area (Å²) in [6, 6.07) is 0. The molecule has 0 spiro atoms. The van der Waals surface area contributed by atoms with Gasteiger partial charge in [0, 0.05) is 0 Å². The van der Waals surface area contributed by atoms with E-state index in [0.717, 1.165) is 0 Å². The molecule has 5 nitrogen and oxygen atoms in total. The standard InChI is InChI=1S/C20H17F10O5P/c1-4-31-36(32-5-2,33-6-3)20(8-11(23)15(27)18(30)16(28)12(8)24)34-19(35-36)7-9(21)13(25)17(29)14(26)10(7)22/h19-20H,4-6H2,1-3H3. The third-order valence-corrected chi connectivity index (χ3v) is 8.86. The molecule has 2 atom stereocenters. The average Bonchev–Trinajstić information content (AvgIpc) is 3.14. The molecule has 0 bridgehead atoms. The molecule has 0 saturated carbocycles. The summed E-state index contributed by atoms with van der Waals surface area (Å²) < 4.78 is 169. The van der Waals surface area contributed by atoms with E-state index in [4.69, 9.17) is 22.8 Å². The normalized spacial score (nSPS) is 22.0. The van der Waals surface area contributed by atoms with Crippen molar-refractivity contribution in [1.82, 2.24) is 0 Å². The van der Waals surface area contributed by atoms with E-state index < -0.39 is 109 Å². The van der Waals surface area contributed by atoms with Gasteiger partial charge in [-0.1, -0.05) is 0 Å². The van der Waals surface area contributed by atoms with Gasteiger partial charge in [-0.25, -0.2) is 0 Å². The van der Waals surface area contributed by atoms with Crippen molar-refractivity contribution in [2.24, 2.45) is 0 Å². The molecule has 1 aliphatic heterocycles. The Kier molecular flexibility index (Phi) is 7.95. The van der Waals surface area contributed by atoms with E-state index in [-0.39, 0.29) is 0 Å². The van der Waals surface area contributed by atoms with E-state index in [1.807, 2.05) is 0 Å². The molecule has 2 unspecified atom stereocenters. The second-order valence-electron chi connectivity index (χ2n) is 7.02. The van der Waals surface area contributed by atoms with Crippen LogP contribution in [0.2, 0.25) is 0 Å². The number of hydrogen-bond donors (Lipinski definition) is 0. The first-order chi connectivity index (χ1) is 16.8. The predicted octanol–water partition coefficient (Wildman–Crippen LogP) is 7.14. The Bertz CT molecular complexity index is 1120. The predicted molar refractivity (Wildman–Crippen MR) is 102 cm³/mol. The number of halogens is 10. The van der Waals surface area contributed by atoms with Crippen molar-refractivity contribution in [2.45, 2.75) is 32.9 Å². The van der Waals surface area contributed by atoms with E-state index >= 15 is 0 Å². The molecule has 0 N–H and O–H groups in total. The summed E-state index contributed by atoms with van der Waals surface area (Å²) in [7, 11) is -5.86. The number of rotatable bonds is 8. The summed E-state index contributed by atoms with van der Waals surface area (Å²) in [5.74, 6) is -27.4. The minimum atomic E-state index is -5.86.